The van der Waals surface area contributed by atoms with Crippen molar-refractivity contribution in [3.8, 4) is 0 Å². The third-order valence-electron chi connectivity index (χ3n) is 7.72. The van der Waals surface area contributed by atoms with Crippen LogP contribution in [0.5, 0.6) is 0 Å². The Morgan fingerprint density at radius 1 is 0.273 bits per heavy atom. The van der Waals surface area contributed by atoms with Crippen LogP contribution in [0.4, 0.5) is 0 Å². The Morgan fingerprint density at radius 3 is 0.697 bits per heavy atom. The van der Waals surface area contributed by atoms with Gasteiger partial charge in [0.15, 0.2) is 0 Å². The highest BCUT2D eigenvalue weighted by molar-refractivity contribution is 4.54. The molecule has 0 N–H and O–H groups in total. The first kappa shape index (κ1) is 33.0. The summed E-state index contributed by atoms with van der Waals surface area (Å²) in [6, 6.07) is 0. The Labute approximate surface area is 212 Å². The predicted octanol–water partition coefficient (Wildman–Crippen LogP) is 11.5. The van der Waals surface area contributed by atoms with Gasteiger partial charge in [-0.25, -0.2) is 0 Å². The largest absolute Gasteiger partial charge is 0.304 e. The van der Waals surface area contributed by atoms with Gasteiger partial charge < -0.3 is 4.90 Å². The van der Waals surface area contributed by atoms with Crippen LogP contribution in [0.25, 0.3) is 0 Å². The van der Waals surface area contributed by atoms with Crippen molar-refractivity contribution in [1.29, 1.82) is 0 Å². The van der Waals surface area contributed by atoms with Crippen LogP contribution in [0.2, 0.25) is 0 Å². The predicted molar refractivity (Wildman–Crippen MR) is 154 cm³/mol. The van der Waals surface area contributed by atoms with Crippen LogP contribution in [-0.2, 0) is 0 Å². The maximum Gasteiger partial charge on any atom is -0.00190 e. The Morgan fingerprint density at radius 2 is 0.485 bits per heavy atom. The van der Waals surface area contributed by atoms with Crippen LogP contribution in [0.1, 0.15) is 188 Å². The molecule has 0 bridgehead atoms. The van der Waals surface area contributed by atoms with Gasteiger partial charge in [0.1, 0.15) is 0 Å². The Hall–Kier alpha value is -0.0400. The fourth-order valence-electron chi connectivity index (χ4n) is 5.19. The van der Waals surface area contributed by atoms with Gasteiger partial charge in [-0.15, -0.1) is 0 Å². The molecule has 0 aliphatic rings. The molecule has 33 heavy (non-hydrogen) atoms. The third-order valence-corrected chi connectivity index (χ3v) is 7.72. The zero-order valence-corrected chi connectivity index (χ0v) is 24.0. The van der Waals surface area contributed by atoms with Crippen molar-refractivity contribution in [2.24, 2.45) is 0 Å². The second-order valence-electron chi connectivity index (χ2n) is 10.9. The molecule has 0 aromatic rings. The highest BCUT2D eigenvalue weighted by Gasteiger charge is 1.99. The van der Waals surface area contributed by atoms with E-state index in [4.69, 9.17) is 0 Å². The van der Waals surface area contributed by atoms with Crippen LogP contribution < -0.4 is 0 Å². The fraction of sp³-hybridized carbons (Fsp3) is 1.00. The smallest absolute Gasteiger partial charge is 0.00190 e. The molecule has 0 aromatic carbocycles. The van der Waals surface area contributed by atoms with Crippen LogP contribution >= 0.6 is 0 Å². The lowest BCUT2D eigenvalue weighted by molar-refractivity contribution is 0.295. The summed E-state index contributed by atoms with van der Waals surface area (Å²) in [7, 11) is 0. The molecular weight excluding hydrogens is 398 g/mol. The van der Waals surface area contributed by atoms with E-state index in [1.54, 1.807) is 0 Å². The minimum absolute atomic E-state index is 1.22. The highest BCUT2D eigenvalue weighted by atomic mass is 15.1. The summed E-state index contributed by atoms with van der Waals surface area (Å²) in [4.78, 5) is 2.55. The van der Waals surface area contributed by atoms with E-state index in [2.05, 4.69) is 25.7 Å². The van der Waals surface area contributed by atoms with E-state index in [0.717, 1.165) is 0 Å². The van der Waals surface area contributed by atoms with Crippen molar-refractivity contribution in [2.45, 2.75) is 188 Å². The first-order chi connectivity index (χ1) is 16.3. The first-order valence-electron chi connectivity index (χ1n) is 16.1. The van der Waals surface area contributed by atoms with E-state index in [0.29, 0.717) is 0 Å². The van der Waals surface area contributed by atoms with Gasteiger partial charge >= 0.3 is 0 Å². The minimum Gasteiger partial charge on any atom is -0.304 e. The minimum atomic E-state index is 1.22. The van der Waals surface area contributed by atoms with Gasteiger partial charge in [0, 0.05) is 0 Å². The van der Waals surface area contributed by atoms with Crippen LogP contribution in [0.15, 0.2) is 0 Å². The molecule has 200 valence electrons. The quantitative estimate of drug-likeness (QED) is 0.0992. The Kier molecular flexibility index (Phi) is 30.0. The molecule has 0 radical (unpaired) electrons. The van der Waals surface area contributed by atoms with E-state index >= 15 is 0 Å². The molecule has 0 rings (SSSR count). The number of unbranched alkanes of at least 4 members (excludes halogenated alkanes) is 25. The van der Waals surface area contributed by atoms with Crippen LogP contribution in [-0.4, -0.2) is 24.5 Å². The van der Waals surface area contributed by atoms with Gasteiger partial charge in [-0.3, -0.25) is 0 Å². The van der Waals surface area contributed by atoms with Crippen molar-refractivity contribution < 1.29 is 0 Å². The van der Waals surface area contributed by atoms with Crippen LogP contribution in [0.3, 0.4) is 0 Å². The average Bonchev–Trinajstić information content (AvgIpc) is 2.83. The number of nitrogens with zero attached hydrogens (tertiary/aromatic N) is 1. The van der Waals surface area contributed by atoms with E-state index in [1.165, 1.54) is 187 Å². The van der Waals surface area contributed by atoms with E-state index in [9.17, 15) is 0 Å². The van der Waals surface area contributed by atoms with Crippen molar-refractivity contribution in [2.75, 3.05) is 19.6 Å². The Bertz CT molecular complexity index is 322. The summed E-state index contributed by atoms with van der Waals surface area (Å²) in [6.45, 7) is 10.6. The fourth-order valence-corrected chi connectivity index (χ4v) is 5.19. The molecule has 1 nitrogen and oxygen atoms in total. The van der Waals surface area contributed by atoms with Crippen molar-refractivity contribution >= 4 is 0 Å². The normalized spacial score (nSPS) is 11.6. The van der Waals surface area contributed by atoms with E-state index in [-0.39, 0.29) is 0 Å². The van der Waals surface area contributed by atoms with Gasteiger partial charge in [0.25, 0.3) is 0 Å². The maximum atomic E-state index is 2.55. The van der Waals surface area contributed by atoms with Crippen molar-refractivity contribution in [3.63, 3.8) is 0 Å². The topological polar surface area (TPSA) is 3.24 Å². The summed E-state index contributed by atoms with van der Waals surface area (Å²) >= 11 is 0. The molecule has 0 saturated heterocycles. The van der Waals surface area contributed by atoms with Crippen molar-refractivity contribution in [3.05, 3.63) is 0 Å². The summed E-state index contributed by atoms with van der Waals surface area (Å²) in [5.41, 5.74) is 0. The highest BCUT2D eigenvalue weighted by Crippen LogP contribution is 2.16. The van der Waals surface area contributed by atoms with Gasteiger partial charge in [-0.1, -0.05) is 181 Å². The molecule has 0 fully saturated rings. The lowest BCUT2D eigenvalue weighted by Crippen LogP contribution is -2.23. The van der Waals surface area contributed by atoms with E-state index < -0.39 is 0 Å². The lowest BCUT2D eigenvalue weighted by Gasteiger charge is -2.17. The zero-order valence-electron chi connectivity index (χ0n) is 24.0. The molecule has 0 saturated carbocycles. The lowest BCUT2D eigenvalue weighted by atomic mass is 10.0. The standard InChI is InChI=1S/C32H67N/c1-4-7-8-9-10-11-12-13-14-15-16-17-18-19-20-21-22-23-24-25-26-27-28-29-30-31-32-33(5-2)6-3/h4-32H2,1-3H3. The summed E-state index contributed by atoms with van der Waals surface area (Å²) < 4.78 is 0. The number of rotatable bonds is 29. The van der Waals surface area contributed by atoms with Gasteiger partial charge in [0.2, 0.25) is 0 Å². The molecule has 0 heterocycles. The first-order valence-corrected chi connectivity index (χ1v) is 16.1. The molecular formula is C32H67N. The van der Waals surface area contributed by atoms with Crippen LogP contribution in [0, 0.1) is 0 Å². The monoisotopic (exact) mass is 466 g/mol. The SMILES string of the molecule is CCCCCCCCCCCCCCCCCCCCCCCCCCCCN(CC)CC. The van der Waals surface area contributed by atoms with E-state index in [1.807, 2.05) is 0 Å². The molecule has 0 atom stereocenters. The maximum absolute atomic E-state index is 2.55. The Balaban J connectivity index is 3.04. The molecule has 0 unspecified atom stereocenters. The zero-order chi connectivity index (χ0) is 24.1. The van der Waals surface area contributed by atoms with Crippen molar-refractivity contribution in [1.82, 2.24) is 4.90 Å². The van der Waals surface area contributed by atoms with Gasteiger partial charge in [-0.05, 0) is 26.1 Å². The number of hydrogen-bond acceptors (Lipinski definition) is 1. The molecule has 0 aromatic heterocycles. The summed E-state index contributed by atoms with van der Waals surface area (Å²) in [5, 5.41) is 0. The molecule has 0 spiro atoms. The number of hydrogen-bond donors (Lipinski definition) is 0. The molecule has 0 amide bonds. The van der Waals surface area contributed by atoms with Gasteiger partial charge in [-0.2, -0.15) is 0 Å². The molecule has 1 heteroatoms. The molecule has 0 aliphatic heterocycles. The van der Waals surface area contributed by atoms with Gasteiger partial charge in [0.05, 0.1) is 0 Å². The third kappa shape index (κ3) is 28.1. The second kappa shape index (κ2) is 30.0. The molecule has 0 aliphatic carbocycles. The average molecular weight is 466 g/mol. The summed E-state index contributed by atoms with van der Waals surface area (Å²) in [5.74, 6) is 0. The second-order valence-corrected chi connectivity index (χ2v) is 10.9. The summed E-state index contributed by atoms with van der Waals surface area (Å²) in [6.07, 6.45) is 38.3.